The van der Waals surface area contributed by atoms with Crippen molar-refractivity contribution in [3.05, 3.63) is 27.3 Å². The molecule has 0 fully saturated rings. The van der Waals surface area contributed by atoms with Gasteiger partial charge in [-0.25, -0.2) is 8.78 Å². The van der Waals surface area contributed by atoms with E-state index >= 15 is 0 Å². The third kappa shape index (κ3) is 2.87. The quantitative estimate of drug-likeness (QED) is 0.496. The summed E-state index contributed by atoms with van der Waals surface area (Å²) in [6.45, 7) is 0. The predicted octanol–water partition coefficient (Wildman–Crippen LogP) is 1.23. The molecular formula is C9H9F2N3O4. The molecule has 0 spiro atoms. The lowest BCUT2D eigenvalue weighted by molar-refractivity contribution is -0.390. The van der Waals surface area contributed by atoms with Crippen LogP contribution in [-0.4, -0.2) is 23.0 Å². The van der Waals surface area contributed by atoms with Crippen molar-refractivity contribution in [3.63, 3.8) is 0 Å². The second-order valence-corrected chi connectivity index (χ2v) is 3.25. The van der Waals surface area contributed by atoms with Crippen molar-refractivity contribution in [2.45, 2.75) is 12.8 Å². The maximum atomic E-state index is 12.7. The minimum absolute atomic E-state index is 0.411. The number of pyridine rings is 1. The summed E-state index contributed by atoms with van der Waals surface area (Å²) in [5, 5.41) is 10.7. The van der Waals surface area contributed by atoms with Crippen LogP contribution in [0.5, 0.6) is 0 Å². The van der Waals surface area contributed by atoms with Crippen molar-refractivity contribution >= 4 is 17.6 Å². The van der Waals surface area contributed by atoms with Crippen LogP contribution in [0.25, 0.3) is 0 Å². The first-order valence-corrected chi connectivity index (χ1v) is 4.65. The van der Waals surface area contributed by atoms with Crippen molar-refractivity contribution in [3.8, 4) is 0 Å². The zero-order valence-electron chi connectivity index (χ0n) is 9.22. The average Bonchev–Trinajstić information content (AvgIpc) is 2.29. The number of nitrogens with zero attached hydrogens (tertiary/aromatic N) is 2. The SMILES string of the molecule is COC(=O)Cc1c(C(F)F)cc(N)nc1[N+](=O)[O-]. The van der Waals surface area contributed by atoms with E-state index in [0.29, 0.717) is 0 Å². The van der Waals surface area contributed by atoms with Crippen molar-refractivity contribution in [2.75, 3.05) is 12.8 Å². The first-order valence-electron chi connectivity index (χ1n) is 4.65. The topological polar surface area (TPSA) is 108 Å². The van der Waals surface area contributed by atoms with Crippen LogP contribution in [0.1, 0.15) is 17.6 Å². The number of rotatable bonds is 4. The summed E-state index contributed by atoms with van der Waals surface area (Å²) in [6, 6.07) is 0.802. The van der Waals surface area contributed by atoms with E-state index in [1.807, 2.05) is 0 Å². The lowest BCUT2D eigenvalue weighted by Crippen LogP contribution is -2.12. The van der Waals surface area contributed by atoms with Crippen LogP contribution >= 0.6 is 0 Å². The van der Waals surface area contributed by atoms with Crippen LogP contribution < -0.4 is 5.73 Å². The number of hydrogen-bond acceptors (Lipinski definition) is 6. The molecule has 0 aromatic carbocycles. The van der Waals surface area contributed by atoms with Gasteiger partial charge in [-0.3, -0.25) is 4.79 Å². The molecule has 0 aliphatic carbocycles. The zero-order chi connectivity index (χ0) is 13.9. The highest BCUT2D eigenvalue weighted by Crippen LogP contribution is 2.30. The number of nitro groups is 1. The summed E-state index contributed by atoms with van der Waals surface area (Å²) in [7, 11) is 1.04. The van der Waals surface area contributed by atoms with E-state index in [0.717, 1.165) is 13.2 Å². The molecule has 98 valence electrons. The third-order valence-corrected chi connectivity index (χ3v) is 2.11. The number of nitrogens with two attached hydrogens (primary N) is 1. The number of methoxy groups -OCH3 is 1. The molecule has 18 heavy (non-hydrogen) atoms. The molecular weight excluding hydrogens is 252 g/mol. The molecule has 0 saturated carbocycles. The summed E-state index contributed by atoms with van der Waals surface area (Å²) in [4.78, 5) is 24.1. The van der Waals surface area contributed by atoms with Crippen LogP contribution in [0.4, 0.5) is 20.4 Å². The van der Waals surface area contributed by atoms with Gasteiger partial charge in [0, 0.05) is 11.6 Å². The van der Waals surface area contributed by atoms with Crippen LogP contribution in [0.3, 0.4) is 0 Å². The standard InChI is InChI=1S/C9H9F2N3O4/c1-18-7(15)3-5-4(8(10)11)2-6(12)13-9(5)14(16)17/h2,8H,3H2,1H3,(H2,12,13). The fraction of sp³-hybridized carbons (Fsp3) is 0.333. The molecule has 0 bridgehead atoms. The van der Waals surface area contributed by atoms with E-state index in [1.165, 1.54) is 0 Å². The Labute approximate surface area is 99.7 Å². The van der Waals surface area contributed by atoms with Crippen molar-refractivity contribution in [1.29, 1.82) is 0 Å². The Morgan fingerprint density at radius 3 is 2.72 bits per heavy atom. The number of esters is 1. The normalized spacial score (nSPS) is 10.4. The summed E-state index contributed by atoms with van der Waals surface area (Å²) < 4.78 is 29.8. The highest BCUT2D eigenvalue weighted by Gasteiger charge is 2.28. The zero-order valence-corrected chi connectivity index (χ0v) is 9.22. The minimum atomic E-state index is -3.01. The Kier molecular flexibility index (Phi) is 4.08. The number of anilines is 1. The van der Waals surface area contributed by atoms with Crippen molar-refractivity contribution in [2.24, 2.45) is 0 Å². The summed E-state index contributed by atoms with van der Waals surface area (Å²) in [6.07, 6.45) is -3.67. The van der Waals surface area contributed by atoms with Gasteiger partial charge in [0.15, 0.2) is 0 Å². The summed E-state index contributed by atoms with van der Waals surface area (Å²) in [5.74, 6) is -2.16. The monoisotopic (exact) mass is 261 g/mol. The molecule has 0 saturated heterocycles. The van der Waals surface area contributed by atoms with Crippen LogP contribution in [0.2, 0.25) is 0 Å². The average molecular weight is 261 g/mol. The number of carbonyl (C=O) groups is 1. The van der Waals surface area contributed by atoms with E-state index in [2.05, 4.69) is 9.72 Å². The van der Waals surface area contributed by atoms with Crippen molar-refractivity contribution < 1.29 is 23.2 Å². The number of nitrogen functional groups attached to an aromatic ring is 1. The second-order valence-electron chi connectivity index (χ2n) is 3.25. The van der Waals surface area contributed by atoms with Crippen LogP contribution in [0.15, 0.2) is 6.07 Å². The minimum Gasteiger partial charge on any atom is -0.469 e. The fourth-order valence-corrected chi connectivity index (χ4v) is 1.34. The molecule has 7 nitrogen and oxygen atoms in total. The Bertz CT molecular complexity index is 493. The summed E-state index contributed by atoms with van der Waals surface area (Å²) in [5.41, 5.74) is 4.02. The number of alkyl halides is 2. The lowest BCUT2D eigenvalue weighted by atomic mass is 10.1. The van der Waals surface area contributed by atoms with Gasteiger partial charge in [0.25, 0.3) is 6.43 Å². The van der Waals surface area contributed by atoms with E-state index in [4.69, 9.17) is 5.73 Å². The molecule has 0 amide bonds. The number of ether oxygens (including phenoxy) is 1. The molecule has 0 atom stereocenters. The number of carbonyl (C=O) groups excluding carboxylic acids is 1. The molecule has 1 aromatic rings. The van der Waals surface area contributed by atoms with Gasteiger partial charge in [-0.15, -0.1) is 0 Å². The number of halogens is 2. The van der Waals surface area contributed by atoms with Crippen LogP contribution in [-0.2, 0) is 16.0 Å². The van der Waals surface area contributed by atoms with E-state index in [-0.39, 0.29) is 0 Å². The van der Waals surface area contributed by atoms with E-state index in [9.17, 15) is 23.7 Å². The Hall–Kier alpha value is -2.32. The molecule has 1 aromatic heterocycles. The smallest absolute Gasteiger partial charge is 0.370 e. The van der Waals surface area contributed by atoms with Gasteiger partial charge >= 0.3 is 11.8 Å². The Morgan fingerprint density at radius 2 is 2.28 bits per heavy atom. The van der Waals surface area contributed by atoms with Gasteiger partial charge < -0.3 is 20.6 Å². The predicted molar refractivity (Wildman–Crippen MR) is 56.0 cm³/mol. The molecule has 2 N–H and O–H groups in total. The summed E-state index contributed by atoms with van der Waals surface area (Å²) >= 11 is 0. The third-order valence-electron chi connectivity index (χ3n) is 2.11. The molecule has 0 aliphatic heterocycles. The van der Waals surface area contributed by atoms with Gasteiger partial charge in [0.1, 0.15) is 0 Å². The maximum absolute atomic E-state index is 12.7. The lowest BCUT2D eigenvalue weighted by Gasteiger charge is -2.08. The van der Waals surface area contributed by atoms with Gasteiger partial charge in [-0.1, -0.05) is 0 Å². The first kappa shape index (κ1) is 13.7. The highest BCUT2D eigenvalue weighted by molar-refractivity contribution is 5.74. The van der Waals surface area contributed by atoms with Gasteiger partial charge in [0.05, 0.1) is 19.1 Å². The van der Waals surface area contributed by atoms with E-state index in [1.54, 1.807) is 0 Å². The Balaban J connectivity index is 3.40. The molecule has 0 radical (unpaired) electrons. The van der Waals surface area contributed by atoms with Gasteiger partial charge in [-0.05, 0) is 9.91 Å². The largest absolute Gasteiger partial charge is 0.469 e. The molecule has 1 rings (SSSR count). The van der Waals surface area contributed by atoms with E-state index < -0.39 is 46.5 Å². The maximum Gasteiger partial charge on any atom is 0.370 e. The molecule has 0 aliphatic rings. The fourth-order valence-electron chi connectivity index (χ4n) is 1.34. The Morgan fingerprint density at radius 1 is 1.67 bits per heavy atom. The van der Waals surface area contributed by atoms with Gasteiger partial charge in [0.2, 0.25) is 5.82 Å². The van der Waals surface area contributed by atoms with Gasteiger partial charge in [-0.2, -0.15) is 0 Å². The van der Waals surface area contributed by atoms with Crippen molar-refractivity contribution in [1.82, 2.24) is 4.98 Å². The first-order chi connectivity index (χ1) is 8.36. The highest BCUT2D eigenvalue weighted by atomic mass is 19.3. The number of hydrogen-bond donors (Lipinski definition) is 1. The second kappa shape index (κ2) is 5.34. The number of aromatic nitrogens is 1. The molecule has 9 heteroatoms. The molecule has 1 heterocycles. The molecule has 0 unspecified atom stereocenters. The van der Waals surface area contributed by atoms with Crippen LogP contribution in [0, 0.1) is 10.1 Å².